The Morgan fingerprint density at radius 2 is 1.52 bits per heavy atom. The van der Waals surface area contributed by atoms with Crippen LogP contribution in [0.25, 0.3) is 0 Å². The molecule has 0 aromatic heterocycles. The molecular formula is C22H16ClF4NO3. The van der Waals surface area contributed by atoms with E-state index in [1.807, 2.05) is 30.3 Å². The molecule has 0 unspecified atom stereocenters. The zero-order chi connectivity index (χ0) is 23.0. The van der Waals surface area contributed by atoms with E-state index in [4.69, 9.17) is 11.6 Å². The SMILES string of the molecule is CC(=O)Oc1c(C(=O)Nc2ccc(F)cc2)cccc1C(F)(F)F.Clc1ccccc1. The number of carbonyl (C=O) groups is 2. The van der Waals surface area contributed by atoms with E-state index in [0.717, 1.165) is 36.2 Å². The predicted molar refractivity (Wildman–Crippen MR) is 109 cm³/mol. The number of hydrogen-bond acceptors (Lipinski definition) is 3. The van der Waals surface area contributed by atoms with Gasteiger partial charge < -0.3 is 10.1 Å². The molecule has 162 valence electrons. The fourth-order valence-corrected chi connectivity index (χ4v) is 2.48. The van der Waals surface area contributed by atoms with E-state index < -0.39 is 40.7 Å². The van der Waals surface area contributed by atoms with Gasteiger partial charge in [-0.15, -0.1) is 0 Å². The first-order valence-electron chi connectivity index (χ1n) is 8.74. The number of rotatable bonds is 3. The topological polar surface area (TPSA) is 55.4 Å². The number of ether oxygens (including phenoxy) is 1. The maximum atomic E-state index is 13.0. The third-order valence-electron chi connectivity index (χ3n) is 3.65. The zero-order valence-corrected chi connectivity index (χ0v) is 16.8. The van der Waals surface area contributed by atoms with Crippen molar-refractivity contribution in [2.45, 2.75) is 13.1 Å². The van der Waals surface area contributed by atoms with Gasteiger partial charge in [-0.1, -0.05) is 35.9 Å². The molecule has 0 saturated heterocycles. The number of esters is 1. The number of benzene rings is 3. The van der Waals surface area contributed by atoms with Gasteiger partial charge >= 0.3 is 12.1 Å². The molecular weight excluding hydrogens is 438 g/mol. The molecule has 31 heavy (non-hydrogen) atoms. The zero-order valence-electron chi connectivity index (χ0n) is 16.0. The van der Waals surface area contributed by atoms with Crippen LogP contribution in [0.3, 0.4) is 0 Å². The van der Waals surface area contributed by atoms with Gasteiger partial charge in [0, 0.05) is 17.6 Å². The molecule has 0 heterocycles. The molecule has 1 amide bonds. The summed E-state index contributed by atoms with van der Waals surface area (Å²) >= 11 is 5.54. The van der Waals surface area contributed by atoms with Crippen molar-refractivity contribution >= 4 is 29.2 Å². The van der Waals surface area contributed by atoms with Gasteiger partial charge in [0.2, 0.25) is 0 Å². The molecule has 4 nitrogen and oxygen atoms in total. The second-order valence-electron chi connectivity index (χ2n) is 6.03. The number of nitrogens with one attached hydrogen (secondary N) is 1. The number of anilines is 1. The van der Waals surface area contributed by atoms with Crippen molar-refractivity contribution in [3.63, 3.8) is 0 Å². The van der Waals surface area contributed by atoms with Crippen molar-refractivity contribution in [3.05, 3.63) is 94.8 Å². The molecule has 9 heteroatoms. The van der Waals surface area contributed by atoms with Gasteiger partial charge in [0.05, 0.1) is 11.1 Å². The lowest BCUT2D eigenvalue weighted by Crippen LogP contribution is -2.18. The normalized spacial score (nSPS) is 10.5. The van der Waals surface area contributed by atoms with Gasteiger partial charge in [-0.25, -0.2) is 4.39 Å². The van der Waals surface area contributed by atoms with Gasteiger partial charge in [-0.2, -0.15) is 13.2 Å². The first-order chi connectivity index (χ1) is 14.6. The molecule has 0 atom stereocenters. The maximum absolute atomic E-state index is 13.0. The Morgan fingerprint density at radius 1 is 0.903 bits per heavy atom. The molecule has 1 N–H and O–H groups in total. The lowest BCUT2D eigenvalue weighted by molar-refractivity contribution is -0.141. The monoisotopic (exact) mass is 453 g/mol. The summed E-state index contributed by atoms with van der Waals surface area (Å²) < 4.78 is 56.6. The quantitative estimate of drug-likeness (QED) is 0.285. The van der Waals surface area contributed by atoms with Crippen molar-refractivity contribution < 1.29 is 31.9 Å². The van der Waals surface area contributed by atoms with Crippen molar-refractivity contribution in [1.29, 1.82) is 0 Å². The van der Waals surface area contributed by atoms with E-state index in [1.54, 1.807) is 0 Å². The molecule has 0 aliphatic heterocycles. The summed E-state index contributed by atoms with van der Waals surface area (Å²) in [5.41, 5.74) is -1.54. The number of carbonyl (C=O) groups excluding carboxylic acids is 2. The first kappa shape index (κ1) is 23.9. The number of hydrogen-bond donors (Lipinski definition) is 1. The summed E-state index contributed by atoms with van der Waals surface area (Å²) in [7, 11) is 0. The number of alkyl halides is 3. The Balaban J connectivity index is 0.000000412. The van der Waals surface area contributed by atoms with Crippen LogP contribution in [0.15, 0.2) is 72.8 Å². The minimum absolute atomic E-state index is 0.174. The highest BCUT2D eigenvalue weighted by molar-refractivity contribution is 6.30. The average Bonchev–Trinajstić information content (AvgIpc) is 2.69. The Bertz CT molecular complexity index is 1040. The Labute approximate surface area is 180 Å². The summed E-state index contributed by atoms with van der Waals surface area (Å²) in [5, 5.41) is 3.11. The third kappa shape index (κ3) is 7.42. The Morgan fingerprint density at radius 3 is 2.00 bits per heavy atom. The second kappa shape index (κ2) is 10.6. The van der Waals surface area contributed by atoms with Gasteiger partial charge in [0.1, 0.15) is 5.82 Å². The molecule has 0 spiro atoms. The second-order valence-corrected chi connectivity index (χ2v) is 6.47. The lowest BCUT2D eigenvalue weighted by atomic mass is 10.1. The van der Waals surface area contributed by atoms with Crippen LogP contribution in [0, 0.1) is 5.82 Å². The van der Waals surface area contributed by atoms with Crippen molar-refractivity contribution in [3.8, 4) is 5.75 Å². The van der Waals surface area contributed by atoms with E-state index in [9.17, 15) is 27.2 Å². The summed E-state index contributed by atoms with van der Waals surface area (Å²) in [4.78, 5) is 23.3. The van der Waals surface area contributed by atoms with Gasteiger partial charge in [0.25, 0.3) is 5.91 Å². The van der Waals surface area contributed by atoms with Crippen LogP contribution in [0.5, 0.6) is 5.75 Å². The molecule has 0 fully saturated rings. The van der Waals surface area contributed by atoms with Crippen LogP contribution < -0.4 is 10.1 Å². The van der Waals surface area contributed by atoms with Crippen LogP contribution in [-0.4, -0.2) is 11.9 Å². The standard InChI is InChI=1S/C16H11F4NO3.C6H5Cl/c1-9(22)24-14-12(3-2-4-13(14)16(18,19)20)15(23)21-11-7-5-10(17)6-8-11;7-6-4-2-1-3-5-6/h2-8H,1H3,(H,21,23);1-5H. The van der Waals surface area contributed by atoms with Crippen molar-refractivity contribution in [1.82, 2.24) is 0 Å². The highest BCUT2D eigenvalue weighted by atomic mass is 35.5. The minimum atomic E-state index is -4.81. The number of amides is 1. The van der Waals surface area contributed by atoms with E-state index in [1.165, 1.54) is 12.1 Å². The fourth-order valence-electron chi connectivity index (χ4n) is 2.34. The van der Waals surface area contributed by atoms with Crippen LogP contribution in [0.2, 0.25) is 5.02 Å². The number of para-hydroxylation sites is 1. The predicted octanol–water partition coefficient (Wildman–Crippen LogP) is 6.36. The van der Waals surface area contributed by atoms with Crippen LogP contribution in [-0.2, 0) is 11.0 Å². The van der Waals surface area contributed by atoms with Crippen LogP contribution >= 0.6 is 11.6 Å². The molecule has 0 saturated carbocycles. The largest absolute Gasteiger partial charge is 0.425 e. The molecule has 3 aromatic carbocycles. The summed E-state index contributed by atoms with van der Waals surface area (Å²) in [6, 6.07) is 16.9. The van der Waals surface area contributed by atoms with E-state index in [0.29, 0.717) is 6.07 Å². The highest BCUT2D eigenvalue weighted by Gasteiger charge is 2.36. The highest BCUT2D eigenvalue weighted by Crippen LogP contribution is 2.38. The maximum Gasteiger partial charge on any atom is 0.420 e. The van der Waals surface area contributed by atoms with Gasteiger partial charge in [-0.05, 0) is 48.5 Å². The molecule has 3 aromatic rings. The van der Waals surface area contributed by atoms with Gasteiger partial charge in [-0.3, -0.25) is 9.59 Å². The third-order valence-corrected chi connectivity index (χ3v) is 3.90. The molecule has 0 bridgehead atoms. The van der Waals surface area contributed by atoms with Crippen molar-refractivity contribution in [2.75, 3.05) is 5.32 Å². The molecule has 0 aliphatic carbocycles. The average molecular weight is 454 g/mol. The smallest absolute Gasteiger partial charge is 0.420 e. The Kier molecular flexibility index (Phi) is 8.15. The summed E-state index contributed by atoms with van der Waals surface area (Å²) in [6.07, 6.45) is -4.81. The van der Waals surface area contributed by atoms with E-state index in [2.05, 4.69) is 10.1 Å². The first-order valence-corrected chi connectivity index (χ1v) is 9.12. The molecule has 0 aliphatic rings. The number of halogens is 5. The van der Waals surface area contributed by atoms with Crippen LogP contribution in [0.4, 0.5) is 23.2 Å². The molecule has 0 radical (unpaired) electrons. The lowest BCUT2D eigenvalue weighted by Gasteiger charge is -2.15. The van der Waals surface area contributed by atoms with E-state index in [-0.39, 0.29) is 5.69 Å². The Hall–Kier alpha value is -3.39. The summed E-state index contributed by atoms with van der Waals surface area (Å²) in [5.74, 6) is -3.34. The molecule has 3 rings (SSSR count). The van der Waals surface area contributed by atoms with Crippen LogP contribution in [0.1, 0.15) is 22.8 Å². The van der Waals surface area contributed by atoms with E-state index >= 15 is 0 Å². The van der Waals surface area contributed by atoms with Gasteiger partial charge in [0.15, 0.2) is 5.75 Å². The fraction of sp³-hybridized carbons (Fsp3) is 0.0909. The summed E-state index contributed by atoms with van der Waals surface area (Å²) in [6.45, 7) is 0.925. The van der Waals surface area contributed by atoms with Crippen molar-refractivity contribution in [2.24, 2.45) is 0 Å². The minimum Gasteiger partial charge on any atom is -0.425 e.